The van der Waals surface area contributed by atoms with Gasteiger partial charge in [-0.2, -0.15) is 0 Å². The summed E-state index contributed by atoms with van der Waals surface area (Å²) >= 11 is 3.43. The number of hydrogen-bond donors (Lipinski definition) is 0. The molecule has 34 heavy (non-hydrogen) atoms. The average molecular weight is 473 g/mol. The summed E-state index contributed by atoms with van der Waals surface area (Å²) in [7, 11) is 0. The zero-order valence-electron chi connectivity index (χ0n) is 18.4. The normalized spacial score (nSPS) is 10.4. The molecule has 0 aliphatic heterocycles. The third kappa shape index (κ3) is 5.26. The second-order valence-corrected chi connectivity index (χ2v) is 9.42. The van der Waals surface area contributed by atoms with E-state index in [1.54, 1.807) is 23.5 Å². The van der Waals surface area contributed by atoms with Gasteiger partial charge in [0.2, 0.25) is 0 Å². The SMILES string of the molecule is C(#Cc1ccccc1C#CCSc1cccc2cccnc12)CSc1cccc2cccnc12. The Kier molecular flexibility index (Phi) is 7.12. The summed E-state index contributed by atoms with van der Waals surface area (Å²) in [6, 6.07) is 28.7. The quantitative estimate of drug-likeness (QED) is 0.206. The van der Waals surface area contributed by atoms with Crippen LogP contribution in [-0.4, -0.2) is 21.5 Å². The molecule has 2 heterocycles. The molecule has 0 spiro atoms. The van der Waals surface area contributed by atoms with E-state index in [9.17, 15) is 0 Å². The molecule has 0 amide bonds. The van der Waals surface area contributed by atoms with Gasteiger partial charge in [-0.15, -0.1) is 23.5 Å². The topological polar surface area (TPSA) is 25.8 Å². The summed E-state index contributed by atoms with van der Waals surface area (Å²) in [5.74, 6) is 14.6. The van der Waals surface area contributed by atoms with Crippen LogP contribution in [0, 0.1) is 23.7 Å². The predicted octanol–water partition coefficient (Wildman–Crippen LogP) is 7.07. The van der Waals surface area contributed by atoms with Crippen LogP contribution in [-0.2, 0) is 0 Å². The number of benzene rings is 3. The number of thioether (sulfide) groups is 2. The minimum absolute atomic E-state index is 0.696. The van der Waals surface area contributed by atoms with Crippen LogP contribution in [0.3, 0.4) is 0 Å². The molecule has 0 radical (unpaired) electrons. The van der Waals surface area contributed by atoms with Gasteiger partial charge in [-0.3, -0.25) is 9.97 Å². The van der Waals surface area contributed by atoms with E-state index in [1.807, 2.05) is 48.8 Å². The largest absolute Gasteiger partial charge is 0.255 e. The standard InChI is InChI=1S/C30H20N2S2/c1-2-10-24(16-8-22-34-28-18-4-12-26-14-6-20-32-30(26)28)23(9-1)15-7-21-33-27-17-3-11-25-13-5-19-31-29(25)27/h1-6,9-14,17-20H,21-22H2. The van der Waals surface area contributed by atoms with E-state index in [2.05, 4.69) is 82.2 Å². The van der Waals surface area contributed by atoms with E-state index in [1.165, 1.54) is 0 Å². The highest BCUT2D eigenvalue weighted by atomic mass is 32.2. The molecular weight excluding hydrogens is 452 g/mol. The van der Waals surface area contributed by atoms with Crippen LogP contribution < -0.4 is 0 Å². The first kappa shape index (κ1) is 22.1. The maximum Gasteiger partial charge on any atom is 0.0837 e. The van der Waals surface area contributed by atoms with Crippen LogP contribution in [0.4, 0.5) is 0 Å². The van der Waals surface area contributed by atoms with Crippen LogP contribution in [0.15, 0.2) is 107 Å². The van der Waals surface area contributed by atoms with Gasteiger partial charge in [0.1, 0.15) is 0 Å². The molecule has 2 aromatic heterocycles. The molecule has 5 rings (SSSR count). The van der Waals surface area contributed by atoms with Gasteiger partial charge in [0.05, 0.1) is 22.5 Å². The van der Waals surface area contributed by atoms with Crippen molar-refractivity contribution in [2.24, 2.45) is 0 Å². The summed E-state index contributed by atoms with van der Waals surface area (Å²) < 4.78 is 0. The first-order valence-corrected chi connectivity index (χ1v) is 12.9. The minimum Gasteiger partial charge on any atom is -0.255 e. The number of aromatic nitrogens is 2. The van der Waals surface area contributed by atoms with Crippen molar-refractivity contribution in [3.05, 3.63) is 108 Å². The summed E-state index contributed by atoms with van der Waals surface area (Å²) in [5, 5.41) is 2.30. The maximum absolute atomic E-state index is 4.52. The molecule has 0 fully saturated rings. The molecular formula is C30H20N2S2. The fourth-order valence-corrected chi connectivity index (χ4v) is 5.14. The highest BCUT2D eigenvalue weighted by Crippen LogP contribution is 2.26. The monoisotopic (exact) mass is 472 g/mol. The molecule has 0 atom stereocenters. The van der Waals surface area contributed by atoms with Crippen LogP contribution in [0.25, 0.3) is 21.8 Å². The Balaban J connectivity index is 1.25. The van der Waals surface area contributed by atoms with Crippen molar-refractivity contribution in [1.29, 1.82) is 0 Å². The number of fused-ring (bicyclic) bond motifs is 2. The van der Waals surface area contributed by atoms with E-state index < -0.39 is 0 Å². The number of para-hydroxylation sites is 2. The average Bonchev–Trinajstić information content (AvgIpc) is 2.90. The smallest absolute Gasteiger partial charge is 0.0837 e. The Morgan fingerprint density at radius 1 is 0.529 bits per heavy atom. The molecule has 0 unspecified atom stereocenters. The van der Waals surface area contributed by atoms with Crippen LogP contribution in [0.5, 0.6) is 0 Å². The maximum atomic E-state index is 4.52. The van der Waals surface area contributed by atoms with E-state index in [-0.39, 0.29) is 0 Å². The molecule has 0 aliphatic rings. The molecule has 0 saturated carbocycles. The summed E-state index contributed by atoms with van der Waals surface area (Å²) in [6.45, 7) is 0. The molecule has 2 nitrogen and oxygen atoms in total. The fraction of sp³-hybridized carbons (Fsp3) is 0.0667. The lowest BCUT2D eigenvalue weighted by molar-refractivity contribution is 1.35. The third-order valence-corrected chi connectivity index (χ3v) is 7.02. The van der Waals surface area contributed by atoms with Gasteiger partial charge in [-0.05, 0) is 36.4 Å². The van der Waals surface area contributed by atoms with Crippen molar-refractivity contribution >= 4 is 45.3 Å². The molecule has 162 valence electrons. The highest BCUT2D eigenvalue weighted by molar-refractivity contribution is 8.00. The number of hydrogen-bond acceptors (Lipinski definition) is 4. The molecule has 4 heteroatoms. The number of pyridine rings is 2. The lowest BCUT2D eigenvalue weighted by Crippen LogP contribution is -1.85. The molecule has 5 aromatic rings. The van der Waals surface area contributed by atoms with Crippen molar-refractivity contribution in [3.8, 4) is 23.7 Å². The second-order valence-electron chi connectivity index (χ2n) is 7.39. The van der Waals surface area contributed by atoms with E-state index in [0.717, 1.165) is 42.7 Å². The Hall–Kier alpha value is -3.70. The van der Waals surface area contributed by atoms with Crippen LogP contribution in [0.1, 0.15) is 11.1 Å². The lowest BCUT2D eigenvalue weighted by atomic mass is 10.1. The molecule has 0 N–H and O–H groups in total. The molecule has 0 saturated heterocycles. The first-order chi connectivity index (χ1) is 16.9. The Bertz CT molecular complexity index is 1460. The van der Waals surface area contributed by atoms with E-state index in [0.29, 0.717) is 11.5 Å². The zero-order valence-corrected chi connectivity index (χ0v) is 20.0. The second kappa shape index (κ2) is 10.9. The first-order valence-electron chi connectivity index (χ1n) is 10.9. The van der Waals surface area contributed by atoms with Gasteiger partial charge in [0.25, 0.3) is 0 Å². The molecule has 3 aromatic carbocycles. The van der Waals surface area contributed by atoms with Crippen LogP contribution >= 0.6 is 23.5 Å². The van der Waals surface area contributed by atoms with Crippen molar-refractivity contribution in [1.82, 2.24) is 9.97 Å². The number of nitrogens with zero attached hydrogens (tertiary/aromatic N) is 2. The van der Waals surface area contributed by atoms with Gasteiger partial charge >= 0.3 is 0 Å². The van der Waals surface area contributed by atoms with Gasteiger partial charge < -0.3 is 0 Å². The van der Waals surface area contributed by atoms with Crippen LogP contribution in [0.2, 0.25) is 0 Å². The highest BCUT2D eigenvalue weighted by Gasteiger charge is 2.02. The zero-order chi connectivity index (χ0) is 23.0. The Morgan fingerprint density at radius 2 is 1.00 bits per heavy atom. The minimum atomic E-state index is 0.696. The van der Waals surface area contributed by atoms with Crippen molar-refractivity contribution in [2.75, 3.05) is 11.5 Å². The van der Waals surface area contributed by atoms with Gasteiger partial charge in [0.15, 0.2) is 0 Å². The Morgan fingerprint density at radius 3 is 1.50 bits per heavy atom. The third-order valence-electron chi connectivity index (χ3n) is 5.16. The molecule has 0 bridgehead atoms. The summed E-state index contributed by atoms with van der Waals surface area (Å²) in [5.41, 5.74) is 3.98. The summed E-state index contributed by atoms with van der Waals surface area (Å²) in [4.78, 5) is 11.3. The van der Waals surface area contributed by atoms with Gasteiger partial charge in [-0.1, -0.05) is 72.2 Å². The van der Waals surface area contributed by atoms with Gasteiger partial charge in [-0.25, -0.2) is 0 Å². The fourth-order valence-electron chi connectivity index (χ4n) is 3.58. The lowest BCUT2D eigenvalue weighted by Gasteiger charge is -2.02. The summed E-state index contributed by atoms with van der Waals surface area (Å²) in [6.07, 6.45) is 3.67. The predicted molar refractivity (Wildman–Crippen MR) is 145 cm³/mol. The van der Waals surface area contributed by atoms with Crippen molar-refractivity contribution in [3.63, 3.8) is 0 Å². The van der Waals surface area contributed by atoms with E-state index in [4.69, 9.17) is 0 Å². The van der Waals surface area contributed by atoms with Gasteiger partial charge in [0, 0.05) is 44.1 Å². The molecule has 0 aliphatic carbocycles. The van der Waals surface area contributed by atoms with Crippen molar-refractivity contribution < 1.29 is 0 Å². The number of rotatable bonds is 4. The Labute approximate surface area is 208 Å². The van der Waals surface area contributed by atoms with E-state index >= 15 is 0 Å². The van der Waals surface area contributed by atoms with Crippen molar-refractivity contribution in [2.45, 2.75) is 9.79 Å².